The van der Waals surface area contributed by atoms with Crippen molar-refractivity contribution in [1.29, 1.82) is 0 Å². The molecular formula is C41H58N4O12S2. The molecule has 0 aliphatic carbocycles. The summed E-state index contributed by atoms with van der Waals surface area (Å²) in [6.07, 6.45) is -0.783. The molecule has 0 spiro atoms. The van der Waals surface area contributed by atoms with Gasteiger partial charge in [0.15, 0.2) is 0 Å². The number of nitrogens with one attached hydrogen (secondary N) is 2. The van der Waals surface area contributed by atoms with Gasteiger partial charge in [-0.15, -0.1) is 11.3 Å². The molecule has 4 rings (SSSR count). The van der Waals surface area contributed by atoms with Gasteiger partial charge >= 0.3 is 0 Å². The highest BCUT2D eigenvalue weighted by Gasteiger charge is 2.44. The van der Waals surface area contributed by atoms with Crippen molar-refractivity contribution >= 4 is 39.2 Å². The molecule has 1 aliphatic heterocycles. The molecule has 326 valence electrons. The second-order valence-corrected chi connectivity index (χ2v) is 17.5. The standard InChI is InChI=1S/C41H58N4O12S2/c1-29-6-12-34(13-7-29)59(50,51)57-23-22-55-19-18-53-15-14-52-16-17-54-20-21-56-27-36(47)44-38(41(3,4)5)40(49)45-26-33(46)24-35(45)39(48)42-25-31-8-10-32(11-9-31)37-30(2)43-28-58-37/h6-13,28,33,35,38,46H,14-27H2,1-5H3,(H,42,48)(H,44,47)/t33-,35+,38?/m1/s1. The van der Waals surface area contributed by atoms with E-state index in [1.54, 1.807) is 29.0 Å². The molecule has 1 aliphatic rings. The predicted octanol–water partition coefficient (Wildman–Crippen LogP) is 3.02. The third-order valence-corrected chi connectivity index (χ3v) is 11.5. The van der Waals surface area contributed by atoms with E-state index in [0.717, 1.165) is 27.3 Å². The topological polar surface area (TPSA) is 201 Å². The van der Waals surface area contributed by atoms with Gasteiger partial charge in [0.25, 0.3) is 10.1 Å². The second kappa shape index (κ2) is 23.8. The van der Waals surface area contributed by atoms with E-state index in [4.69, 9.17) is 27.9 Å². The lowest BCUT2D eigenvalue weighted by molar-refractivity contribution is -0.144. The average molecular weight is 863 g/mol. The molecule has 3 amide bonds. The number of aryl methyl sites for hydroxylation is 2. The number of ether oxygens (including phenoxy) is 5. The van der Waals surface area contributed by atoms with Crippen LogP contribution in [0.2, 0.25) is 0 Å². The molecule has 1 unspecified atom stereocenters. The first kappa shape index (κ1) is 47.8. The fourth-order valence-electron chi connectivity index (χ4n) is 6.00. The largest absolute Gasteiger partial charge is 0.391 e. The van der Waals surface area contributed by atoms with Gasteiger partial charge in [-0.2, -0.15) is 8.42 Å². The van der Waals surface area contributed by atoms with Crippen molar-refractivity contribution in [3.05, 3.63) is 70.9 Å². The zero-order valence-electron chi connectivity index (χ0n) is 34.5. The van der Waals surface area contributed by atoms with Crippen molar-refractivity contribution in [2.45, 2.75) is 70.7 Å². The minimum absolute atomic E-state index is 0.0225. The van der Waals surface area contributed by atoms with E-state index in [9.17, 15) is 27.9 Å². The van der Waals surface area contributed by atoms with E-state index in [1.165, 1.54) is 17.0 Å². The smallest absolute Gasteiger partial charge is 0.297 e. The third kappa shape index (κ3) is 15.9. The average Bonchev–Trinajstić information content (AvgIpc) is 3.81. The molecular weight excluding hydrogens is 805 g/mol. The maximum Gasteiger partial charge on any atom is 0.297 e. The molecule has 59 heavy (non-hydrogen) atoms. The molecule has 0 radical (unpaired) electrons. The summed E-state index contributed by atoms with van der Waals surface area (Å²) in [7, 11) is -3.82. The fraction of sp³-hybridized carbons (Fsp3) is 0.561. The number of amides is 3. The zero-order chi connectivity index (χ0) is 42.8. The molecule has 2 aromatic carbocycles. The molecule has 1 saturated heterocycles. The predicted molar refractivity (Wildman–Crippen MR) is 220 cm³/mol. The summed E-state index contributed by atoms with van der Waals surface area (Å²) >= 11 is 1.57. The molecule has 18 heteroatoms. The summed E-state index contributed by atoms with van der Waals surface area (Å²) in [5, 5.41) is 16.2. The number of aliphatic hydroxyl groups is 1. The van der Waals surface area contributed by atoms with Crippen LogP contribution in [-0.2, 0) is 58.9 Å². The van der Waals surface area contributed by atoms with Crippen molar-refractivity contribution in [2.24, 2.45) is 5.41 Å². The quantitative estimate of drug-likeness (QED) is 0.0831. The molecule has 16 nitrogen and oxygen atoms in total. The van der Waals surface area contributed by atoms with Gasteiger partial charge in [0.2, 0.25) is 17.7 Å². The first-order valence-electron chi connectivity index (χ1n) is 19.6. The van der Waals surface area contributed by atoms with Gasteiger partial charge < -0.3 is 44.3 Å². The molecule has 0 bridgehead atoms. The number of carbonyl (C=O) groups is 3. The van der Waals surface area contributed by atoms with Gasteiger partial charge in [-0.3, -0.25) is 18.6 Å². The molecule has 3 aromatic rings. The van der Waals surface area contributed by atoms with Crippen LogP contribution in [0.4, 0.5) is 0 Å². The Labute approximate surface area is 351 Å². The molecule has 3 atom stereocenters. The Bertz CT molecular complexity index is 1870. The van der Waals surface area contributed by atoms with Gasteiger partial charge in [0, 0.05) is 19.5 Å². The first-order chi connectivity index (χ1) is 28.2. The maximum atomic E-state index is 13.8. The maximum absolute atomic E-state index is 13.8. The van der Waals surface area contributed by atoms with Gasteiger partial charge in [0.05, 0.1) is 93.1 Å². The second-order valence-electron chi connectivity index (χ2n) is 15.0. The summed E-state index contributed by atoms with van der Waals surface area (Å²) in [5.41, 5.74) is 4.95. The zero-order valence-corrected chi connectivity index (χ0v) is 36.1. The Morgan fingerprint density at radius 2 is 1.41 bits per heavy atom. The summed E-state index contributed by atoms with van der Waals surface area (Å²) < 4.78 is 56.5. The molecule has 1 fully saturated rings. The minimum atomic E-state index is -3.82. The monoisotopic (exact) mass is 862 g/mol. The highest BCUT2D eigenvalue weighted by atomic mass is 32.2. The minimum Gasteiger partial charge on any atom is -0.391 e. The van der Waals surface area contributed by atoms with Gasteiger partial charge in [-0.05, 0) is 42.5 Å². The lowest BCUT2D eigenvalue weighted by Gasteiger charge is -2.35. The number of likely N-dealkylation sites (tertiary alicyclic amines) is 1. The number of aliphatic hydroxyl groups excluding tert-OH is 1. The van der Waals surface area contributed by atoms with E-state index >= 15 is 0 Å². The van der Waals surface area contributed by atoms with Crippen LogP contribution in [0.15, 0.2) is 58.9 Å². The van der Waals surface area contributed by atoms with E-state index in [1.807, 2.05) is 58.9 Å². The molecule has 2 heterocycles. The van der Waals surface area contributed by atoms with Gasteiger partial charge in [0.1, 0.15) is 18.7 Å². The van der Waals surface area contributed by atoms with E-state index < -0.39 is 45.5 Å². The lowest BCUT2D eigenvalue weighted by atomic mass is 9.85. The Kier molecular flexibility index (Phi) is 19.3. The highest BCUT2D eigenvalue weighted by molar-refractivity contribution is 7.86. The van der Waals surface area contributed by atoms with Crippen LogP contribution < -0.4 is 10.6 Å². The molecule has 3 N–H and O–H groups in total. The van der Waals surface area contributed by atoms with Crippen LogP contribution in [0.3, 0.4) is 0 Å². The SMILES string of the molecule is Cc1ccc(S(=O)(=O)OCCOCCOCCOCCOCCOCC(=O)NC(C(=O)N2C[C@H](O)C[C@H]2C(=O)NCc2ccc(-c3scnc3C)cc2)C(C)(C)C)cc1. The van der Waals surface area contributed by atoms with Crippen LogP contribution in [0.5, 0.6) is 0 Å². The highest BCUT2D eigenvalue weighted by Crippen LogP contribution is 2.28. The van der Waals surface area contributed by atoms with Crippen molar-refractivity contribution in [1.82, 2.24) is 20.5 Å². The van der Waals surface area contributed by atoms with Crippen molar-refractivity contribution in [3.63, 3.8) is 0 Å². The van der Waals surface area contributed by atoms with E-state index in [2.05, 4.69) is 15.6 Å². The number of rotatable bonds is 25. The summed E-state index contributed by atoms with van der Waals surface area (Å²) in [6.45, 7) is 11.5. The molecule has 0 saturated carbocycles. The normalized spacial score (nSPS) is 16.3. The van der Waals surface area contributed by atoms with Crippen LogP contribution >= 0.6 is 11.3 Å². The van der Waals surface area contributed by atoms with Crippen LogP contribution in [0, 0.1) is 19.3 Å². The number of carbonyl (C=O) groups excluding carboxylic acids is 3. The van der Waals surface area contributed by atoms with Crippen molar-refractivity contribution in [2.75, 3.05) is 79.2 Å². The van der Waals surface area contributed by atoms with Gasteiger partial charge in [-0.1, -0.05) is 62.7 Å². The Hall–Kier alpha value is -3.85. The Balaban J connectivity index is 1.04. The Morgan fingerprint density at radius 3 is 1.95 bits per heavy atom. The van der Waals surface area contributed by atoms with Gasteiger partial charge in [-0.25, -0.2) is 4.98 Å². The van der Waals surface area contributed by atoms with Crippen LogP contribution in [0.1, 0.15) is 44.0 Å². The third-order valence-electron chi connectivity index (χ3n) is 9.21. The number of hydrogen-bond donors (Lipinski definition) is 3. The number of β-amino-alcohol motifs (C(OH)–C–C–N with tert-alkyl or cyclic N) is 1. The Morgan fingerprint density at radius 1 is 0.847 bits per heavy atom. The fourth-order valence-corrected chi connectivity index (χ4v) is 7.71. The van der Waals surface area contributed by atoms with E-state index in [-0.39, 0.29) is 70.0 Å². The number of thiazole rings is 1. The number of benzene rings is 2. The van der Waals surface area contributed by atoms with Crippen LogP contribution in [0.25, 0.3) is 10.4 Å². The molecule has 1 aromatic heterocycles. The lowest BCUT2D eigenvalue weighted by Crippen LogP contribution is -2.58. The van der Waals surface area contributed by atoms with Crippen LogP contribution in [-0.4, -0.2) is 139 Å². The summed E-state index contributed by atoms with van der Waals surface area (Å²) in [6, 6.07) is 12.4. The summed E-state index contributed by atoms with van der Waals surface area (Å²) in [5.74, 6) is -1.33. The van der Waals surface area contributed by atoms with E-state index in [0.29, 0.717) is 33.0 Å². The number of hydrogen-bond acceptors (Lipinski definition) is 14. The summed E-state index contributed by atoms with van der Waals surface area (Å²) in [4.78, 5) is 46.9. The van der Waals surface area contributed by atoms with Crippen molar-refractivity contribution in [3.8, 4) is 10.4 Å². The number of aromatic nitrogens is 1. The first-order valence-corrected chi connectivity index (χ1v) is 21.8. The van der Waals surface area contributed by atoms with Crippen molar-refractivity contribution < 1.29 is 55.8 Å². The number of nitrogens with zero attached hydrogens (tertiary/aromatic N) is 2.